The fourth-order valence-corrected chi connectivity index (χ4v) is 4.26. The Kier molecular flexibility index (Phi) is 5.28. The first-order chi connectivity index (χ1) is 11.6. The van der Waals surface area contributed by atoms with Crippen molar-refractivity contribution in [1.29, 1.82) is 0 Å². The molecule has 0 aromatic heterocycles. The van der Waals surface area contributed by atoms with Crippen LogP contribution < -0.4 is 10.2 Å². The zero-order chi connectivity index (χ0) is 17.3. The molecular formula is C19H21BrClN2O+. The number of carbonyl (C=O) groups is 1. The molecule has 2 N–H and O–H groups in total. The van der Waals surface area contributed by atoms with Crippen molar-refractivity contribution in [1.82, 2.24) is 0 Å². The van der Waals surface area contributed by atoms with Crippen molar-refractivity contribution >= 4 is 39.1 Å². The molecule has 1 aliphatic heterocycles. The number of nitrogens with one attached hydrogen (secondary N) is 2. The van der Waals surface area contributed by atoms with E-state index in [1.165, 1.54) is 4.90 Å². The minimum Gasteiger partial charge on any atom is -0.324 e. The van der Waals surface area contributed by atoms with Crippen molar-refractivity contribution in [2.45, 2.75) is 25.8 Å². The maximum Gasteiger partial charge on any atom is 0.283 e. The maximum atomic E-state index is 12.9. The van der Waals surface area contributed by atoms with Crippen LogP contribution >= 0.6 is 27.5 Å². The van der Waals surface area contributed by atoms with Crippen LogP contribution in [0.5, 0.6) is 0 Å². The van der Waals surface area contributed by atoms with Gasteiger partial charge in [-0.3, -0.25) is 4.79 Å². The lowest BCUT2D eigenvalue weighted by Gasteiger charge is -2.37. The van der Waals surface area contributed by atoms with Crippen LogP contribution in [0.1, 0.15) is 30.9 Å². The molecule has 0 radical (unpaired) electrons. The average molecular weight is 409 g/mol. The van der Waals surface area contributed by atoms with E-state index in [-0.39, 0.29) is 17.9 Å². The Labute approximate surface area is 156 Å². The fraction of sp³-hybridized carbons (Fsp3) is 0.316. The van der Waals surface area contributed by atoms with Gasteiger partial charge in [0.05, 0.1) is 19.0 Å². The number of benzene rings is 2. The van der Waals surface area contributed by atoms with Gasteiger partial charge in [-0.25, -0.2) is 0 Å². The molecule has 2 atom stereocenters. The second kappa shape index (κ2) is 7.26. The Hall–Kier alpha value is -1.36. The molecule has 0 saturated carbocycles. The SMILES string of the molecule is CC[NH+](CC)[C@H]1C(=O)Nc2ccc(Br)cc2[C@@H]1c1ccccc1Cl. The molecule has 0 aliphatic carbocycles. The van der Waals surface area contributed by atoms with E-state index in [1.54, 1.807) is 0 Å². The van der Waals surface area contributed by atoms with Gasteiger partial charge in [-0.15, -0.1) is 0 Å². The monoisotopic (exact) mass is 407 g/mol. The second-order valence-electron chi connectivity index (χ2n) is 6.06. The summed E-state index contributed by atoms with van der Waals surface area (Å²) < 4.78 is 1.00. The molecule has 0 fully saturated rings. The third-order valence-corrected chi connectivity index (χ3v) is 5.65. The van der Waals surface area contributed by atoms with Gasteiger partial charge in [-0.1, -0.05) is 45.7 Å². The zero-order valence-corrected chi connectivity index (χ0v) is 16.1. The van der Waals surface area contributed by atoms with Crippen LogP contribution in [-0.4, -0.2) is 25.0 Å². The van der Waals surface area contributed by atoms with Gasteiger partial charge in [-0.2, -0.15) is 0 Å². The highest BCUT2D eigenvalue weighted by Gasteiger charge is 2.43. The van der Waals surface area contributed by atoms with E-state index in [2.05, 4.69) is 41.2 Å². The Morgan fingerprint density at radius 2 is 1.83 bits per heavy atom. The molecule has 0 spiro atoms. The quantitative estimate of drug-likeness (QED) is 0.798. The summed E-state index contributed by atoms with van der Waals surface area (Å²) >= 11 is 10.1. The van der Waals surface area contributed by atoms with Crippen molar-refractivity contribution in [3.63, 3.8) is 0 Å². The first-order valence-corrected chi connectivity index (χ1v) is 9.43. The van der Waals surface area contributed by atoms with Crippen LogP contribution in [0, 0.1) is 0 Å². The van der Waals surface area contributed by atoms with Crippen molar-refractivity contribution in [3.8, 4) is 0 Å². The summed E-state index contributed by atoms with van der Waals surface area (Å²) in [6.07, 6.45) is 0. The number of fused-ring (bicyclic) bond motifs is 1. The van der Waals surface area contributed by atoms with Crippen molar-refractivity contribution in [2.24, 2.45) is 0 Å². The van der Waals surface area contributed by atoms with Crippen LogP contribution in [0.15, 0.2) is 46.9 Å². The molecule has 2 aromatic rings. The van der Waals surface area contributed by atoms with Gasteiger partial charge in [0, 0.05) is 15.2 Å². The summed E-state index contributed by atoms with van der Waals surface area (Å²) in [4.78, 5) is 14.2. The molecule has 24 heavy (non-hydrogen) atoms. The van der Waals surface area contributed by atoms with Crippen LogP contribution in [0.4, 0.5) is 5.69 Å². The molecule has 126 valence electrons. The van der Waals surface area contributed by atoms with Gasteiger partial charge in [0.1, 0.15) is 0 Å². The van der Waals surface area contributed by atoms with E-state index in [9.17, 15) is 4.79 Å². The first-order valence-electron chi connectivity index (χ1n) is 8.26. The number of halogens is 2. The van der Waals surface area contributed by atoms with Crippen molar-refractivity contribution in [3.05, 3.63) is 63.1 Å². The summed E-state index contributed by atoms with van der Waals surface area (Å²) in [5.41, 5.74) is 3.00. The van der Waals surface area contributed by atoms with E-state index in [0.717, 1.165) is 34.4 Å². The van der Waals surface area contributed by atoms with Crippen molar-refractivity contribution in [2.75, 3.05) is 18.4 Å². The van der Waals surface area contributed by atoms with E-state index in [4.69, 9.17) is 11.6 Å². The lowest BCUT2D eigenvalue weighted by atomic mass is 9.80. The largest absolute Gasteiger partial charge is 0.324 e. The molecule has 2 aromatic carbocycles. The average Bonchev–Trinajstić information content (AvgIpc) is 2.57. The van der Waals surface area contributed by atoms with Crippen LogP contribution in [0.25, 0.3) is 0 Å². The summed E-state index contributed by atoms with van der Waals surface area (Å²) in [5.74, 6) is 0.00305. The number of carbonyl (C=O) groups excluding carboxylic acids is 1. The minimum atomic E-state index is -0.193. The van der Waals surface area contributed by atoms with Crippen LogP contribution in [-0.2, 0) is 4.79 Å². The van der Waals surface area contributed by atoms with Gasteiger partial charge in [-0.05, 0) is 49.2 Å². The number of anilines is 1. The molecule has 3 nitrogen and oxygen atoms in total. The lowest BCUT2D eigenvalue weighted by Crippen LogP contribution is -3.17. The van der Waals surface area contributed by atoms with E-state index < -0.39 is 0 Å². The standard InChI is InChI=1S/C19H20BrClN2O/c1-3-23(4-2)18-17(13-7-5-6-8-15(13)21)14-11-12(20)9-10-16(14)22-19(18)24/h5-11,17-18H,3-4H2,1-2H3,(H,22,24)/p+1/t17-,18+/m0/s1. The molecule has 5 heteroatoms. The van der Waals surface area contributed by atoms with Gasteiger partial charge in [0.15, 0.2) is 6.04 Å². The highest BCUT2D eigenvalue weighted by atomic mass is 79.9. The first kappa shape index (κ1) is 17.5. The number of hydrogen-bond acceptors (Lipinski definition) is 1. The molecular weight excluding hydrogens is 388 g/mol. The third kappa shape index (κ3) is 3.10. The normalized spacial score (nSPS) is 20.0. The number of amides is 1. The van der Waals surface area contributed by atoms with Gasteiger partial charge in [0.2, 0.25) is 0 Å². The third-order valence-electron chi connectivity index (χ3n) is 4.81. The molecule has 0 unspecified atom stereocenters. The number of rotatable bonds is 4. The van der Waals surface area contributed by atoms with E-state index in [0.29, 0.717) is 5.02 Å². The summed E-state index contributed by atoms with van der Waals surface area (Å²) in [5, 5.41) is 3.79. The van der Waals surface area contributed by atoms with Gasteiger partial charge >= 0.3 is 0 Å². The number of likely N-dealkylation sites (N-methyl/N-ethyl adjacent to an activating group) is 1. The van der Waals surface area contributed by atoms with Crippen molar-refractivity contribution < 1.29 is 9.69 Å². The molecule has 1 aliphatic rings. The highest BCUT2D eigenvalue weighted by molar-refractivity contribution is 9.10. The Morgan fingerprint density at radius 1 is 1.12 bits per heavy atom. The Bertz CT molecular complexity index is 761. The summed E-state index contributed by atoms with van der Waals surface area (Å²) in [6, 6.07) is 13.7. The minimum absolute atomic E-state index is 0.0603. The predicted molar refractivity (Wildman–Crippen MR) is 102 cm³/mol. The molecule has 0 bridgehead atoms. The number of hydrogen-bond donors (Lipinski definition) is 2. The highest BCUT2D eigenvalue weighted by Crippen LogP contribution is 2.40. The second-order valence-corrected chi connectivity index (χ2v) is 7.39. The van der Waals surface area contributed by atoms with Gasteiger partial charge in [0.25, 0.3) is 5.91 Å². The maximum absolute atomic E-state index is 12.9. The molecule has 0 saturated heterocycles. The van der Waals surface area contributed by atoms with E-state index in [1.807, 2.05) is 36.4 Å². The molecule has 3 rings (SSSR count). The predicted octanol–water partition coefficient (Wildman–Crippen LogP) is 3.48. The smallest absolute Gasteiger partial charge is 0.283 e. The number of quaternary nitrogens is 1. The summed E-state index contributed by atoms with van der Waals surface area (Å²) in [7, 11) is 0. The fourth-order valence-electron chi connectivity index (χ4n) is 3.63. The van der Waals surface area contributed by atoms with Gasteiger partial charge < -0.3 is 10.2 Å². The Balaban J connectivity index is 2.22. The Morgan fingerprint density at radius 3 is 2.50 bits per heavy atom. The topological polar surface area (TPSA) is 33.5 Å². The summed E-state index contributed by atoms with van der Waals surface area (Å²) in [6.45, 7) is 6.01. The van der Waals surface area contributed by atoms with Crippen LogP contribution in [0.2, 0.25) is 5.02 Å². The van der Waals surface area contributed by atoms with E-state index >= 15 is 0 Å². The molecule has 1 amide bonds. The molecule has 1 heterocycles. The zero-order valence-electron chi connectivity index (χ0n) is 13.8. The van der Waals surface area contributed by atoms with Crippen LogP contribution in [0.3, 0.4) is 0 Å². The lowest BCUT2D eigenvalue weighted by molar-refractivity contribution is -0.913.